The van der Waals surface area contributed by atoms with Gasteiger partial charge in [0, 0.05) is 65.5 Å². The number of fused-ring (bicyclic) bond motifs is 18. The van der Waals surface area contributed by atoms with E-state index in [0.717, 1.165) is 27.6 Å². The fourth-order valence-electron chi connectivity index (χ4n) is 16.5. The maximum atomic E-state index is 6.29. The van der Waals surface area contributed by atoms with Gasteiger partial charge in [-0.1, -0.05) is 231 Å². The summed E-state index contributed by atoms with van der Waals surface area (Å²) < 4.78 is 15.9. The van der Waals surface area contributed by atoms with Crippen LogP contribution in [-0.2, 0) is 0 Å². The molecule has 5 aromatic heterocycles. The Morgan fingerprint density at radius 2 is 0.485 bits per heavy atom. The van der Waals surface area contributed by atoms with Crippen molar-refractivity contribution in [3.05, 3.63) is 364 Å². The van der Waals surface area contributed by atoms with Crippen LogP contribution in [0.3, 0.4) is 0 Å². The third kappa shape index (κ3) is 9.04. The molecule has 0 saturated carbocycles. The van der Waals surface area contributed by atoms with Crippen LogP contribution in [0.2, 0.25) is 0 Å². The zero-order valence-electron chi connectivity index (χ0n) is 54.8. The summed E-state index contributed by atoms with van der Waals surface area (Å²) in [5, 5.41) is 19.7. The molecule has 5 heteroatoms. The summed E-state index contributed by atoms with van der Waals surface area (Å²) in [6.45, 7) is 0. The van der Waals surface area contributed by atoms with Gasteiger partial charge in [0.1, 0.15) is 11.2 Å². The Morgan fingerprint density at radius 3 is 0.960 bits per heavy atom. The number of aromatic nitrogens is 4. The number of furan rings is 1. The lowest BCUT2D eigenvalue weighted by atomic mass is 10.0. The van der Waals surface area contributed by atoms with Crippen LogP contribution in [0.25, 0.3) is 198 Å². The Morgan fingerprint density at radius 1 is 0.168 bits per heavy atom. The molecule has 0 N–H and O–H groups in total. The maximum absolute atomic E-state index is 6.29. The number of para-hydroxylation sites is 5. The molecule has 0 aliphatic heterocycles. The SMILES string of the molecule is c1ccc(-c2ccc3cc(-n4c5ccccc5c5cc(-c6ccc7c(c6)c6ccccc6n7-c6ccc7ccccc7c6)ccc54)ccc3c2)cc1.c1ccc2cc(-n3c4ccccc4c4cc(-c5ccc6c(c5)c5ccccc5n6-c5cccc6oc7ccccc7c56)ccc43)ccc2c1. The number of rotatable bonds is 7. The Bertz CT molecular complexity index is 7150. The highest BCUT2D eigenvalue weighted by Gasteiger charge is 2.22. The smallest absolute Gasteiger partial charge is 0.137 e. The molecule has 0 aliphatic rings. The number of hydrogen-bond donors (Lipinski definition) is 0. The van der Waals surface area contributed by atoms with Crippen LogP contribution in [-0.4, -0.2) is 18.3 Å². The van der Waals surface area contributed by atoms with E-state index >= 15 is 0 Å². The Kier molecular flexibility index (Phi) is 12.7. The lowest BCUT2D eigenvalue weighted by Gasteiger charge is -2.11. The summed E-state index contributed by atoms with van der Waals surface area (Å²) in [5.41, 5.74) is 23.4. The Labute approximate surface area is 580 Å². The standard InChI is InChI=1S/C50H32N2.C46H28N2O/c1-2-10-33(11-3-1)36-18-19-38-30-42(25-21-37(38)28-36)52-48-17-9-7-15-44(48)46-32-40(23-27-50(46)52)39-22-26-49-45(31-39)43-14-6-8-16-47(43)51(49)41-24-20-34-12-4-5-13-35(34)29-41;1-2-11-30-26-33(23-20-29(30)10-1)47-39-15-6-3-12-34(39)37-27-31(21-24-41(37)47)32-22-25-42-38(28-32)35-13-4-7-16-40(35)48(42)43-17-9-19-45-46(43)36-14-5-8-18-44(36)49-45/h1-32H;1-28H. The van der Waals surface area contributed by atoms with E-state index in [0.29, 0.717) is 0 Å². The normalized spacial score (nSPS) is 12.0. The minimum atomic E-state index is 0.900. The van der Waals surface area contributed by atoms with Crippen LogP contribution in [0.5, 0.6) is 0 Å². The second kappa shape index (κ2) is 22.5. The first-order valence-electron chi connectivity index (χ1n) is 34.7. The van der Waals surface area contributed by atoms with Crippen LogP contribution >= 0.6 is 0 Å². The van der Waals surface area contributed by atoms with Gasteiger partial charge in [-0.2, -0.15) is 0 Å². The van der Waals surface area contributed by atoms with Crippen molar-refractivity contribution in [1.82, 2.24) is 18.3 Å². The predicted octanol–water partition coefficient (Wildman–Crippen LogP) is 26.1. The molecule has 5 nitrogen and oxygen atoms in total. The third-order valence-corrected chi connectivity index (χ3v) is 21.2. The summed E-state index contributed by atoms with van der Waals surface area (Å²) in [7, 11) is 0. The van der Waals surface area contributed by atoms with E-state index in [9.17, 15) is 0 Å². The average molecular weight is 1290 g/mol. The van der Waals surface area contributed by atoms with Gasteiger partial charge < -0.3 is 22.7 Å². The molecule has 0 radical (unpaired) electrons. The van der Waals surface area contributed by atoms with E-state index in [-0.39, 0.29) is 0 Å². The first-order chi connectivity index (χ1) is 50.1. The fraction of sp³-hybridized carbons (Fsp3) is 0. The monoisotopic (exact) mass is 1280 g/mol. The second-order valence-corrected chi connectivity index (χ2v) is 26.8. The zero-order chi connectivity index (χ0) is 66.2. The van der Waals surface area contributed by atoms with Crippen LogP contribution in [0.1, 0.15) is 0 Å². The lowest BCUT2D eigenvalue weighted by Crippen LogP contribution is -1.94. The van der Waals surface area contributed by atoms with E-state index in [1.54, 1.807) is 0 Å². The molecule has 0 spiro atoms. The number of hydrogen-bond acceptors (Lipinski definition) is 1. The summed E-state index contributed by atoms with van der Waals surface area (Å²) in [6.07, 6.45) is 0. The highest BCUT2D eigenvalue weighted by Crippen LogP contribution is 2.44. The molecule has 470 valence electrons. The van der Waals surface area contributed by atoms with E-state index in [4.69, 9.17) is 4.42 Å². The summed E-state index contributed by atoms with van der Waals surface area (Å²) in [4.78, 5) is 0. The van der Waals surface area contributed by atoms with Gasteiger partial charge in [-0.05, 0) is 199 Å². The largest absolute Gasteiger partial charge is 0.456 e. The van der Waals surface area contributed by atoms with E-state index in [1.807, 2.05) is 12.1 Å². The second-order valence-electron chi connectivity index (χ2n) is 26.8. The van der Waals surface area contributed by atoms with Crippen molar-refractivity contribution >= 4 is 141 Å². The third-order valence-electron chi connectivity index (χ3n) is 21.2. The molecule has 22 rings (SSSR count). The van der Waals surface area contributed by atoms with Gasteiger partial charge in [-0.25, -0.2) is 0 Å². The molecule has 0 saturated heterocycles. The quantitative estimate of drug-likeness (QED) is 0.157. The molecular formula is C96H60N4O. The van der Waals surface area contributed by atoms with Gasteiger partial charge in [-0.15, -0.1) is 0 Å². The molecular weight excluding hydrogens is 1230 g/mol. The molecule has 0 fully saturated rings. The van der Waals surface area contributed by atoms with Gasteiger partial charge in [0.25, 0.3) is 0 Å². The van der Waals surface area contributed by atoms with Gasteiger partial charge in [-0.3, -0.25) is 0 Å². The van der Waals surface area contributed by atoms with Crippen molar-refractivity contribution in [2.75, 3.05) is 0 Å². The van der Waals surface area contributed by atoms with Crippen molar-refractivity contribution < 1.29 is 4.42 Å². The van der Waals surface area contributed by atoms with Crippen molar-refractivity contribution in [2.24, 2.45) is 0 Å². The summed E-state index contributed by atoms with van der Waals surface area (Å²) in [6, 6.07) is 132. The van der Waals surface area contributed by atoms with E-state index < -0.39 is 0 Å². The number of nitrogens with zero attached hydrogens (tertiary/aromatic N) is 4. The van der Waals surface area contributed by atoms with E-state index in [1.165, 1.54) is 170 Å². The molecule has 5 heterocycles. The highest BCUT2D eigenvalue weighted by atomic mass is 16.3. The van der Waals surface area contributed by atoms with Crippen LogP contribution < -0.4 is 0 Å². The average Bonchev–Trinajstić information content (AvgIpc) is 1.61. The summed E-state index contributed by atoms with van der Waals surface area (Å²) in [5.74, 6) is 0. The van der Waals surface area contributed by atoms with Crippen molar-refractivity contribution in [2.45, 2.75) is 0 Å². The first-order valence-corrected chi connectivity index (χ1v) is 34.7. The minimum Gasteiger partial charge on any atom is -0.456 e. The Balaban J connectivity index is 0.000000132. The first kappa shape index (κ1) is 56.7. The molecule has 22 aromatic rings. The topological polar surface area (TPSA) is 32.9 Å². The van der Waals surface area contributed by atoms with Crippen LogP contribution in [0.4, 0.5) is 0 Å². The molecule has 0 amide bonds. The van der Waals surface area contributed by atoms with Gasteiger partial charge >= 0.3 is 0 Å². The minimum absolute atomic E-state index is 0.900. The predicted molar refractivity (Wildman–Crippen MR) is 426 cm³/mol. The van der Waals surface area contributed by atoms with Gasteiger partial charge in [0.05, 0.1) is 55.2 Å². The fourth-order valence-corrected chi connectivity index (χ4v) is 16.5. The van der Waals surface area contributed by atoms with Crippen molar-refractivity contribution in [1.29, 1.82) is 0 Å². The molecule has 0 unspecified atom stereocenters. The van der Waals surface area contributed by atoms with Crippen molar-refractivity contribution in [3.8, 4) is 56.1 Å². The van der Waals surface area contributed by atoms with E-state index in [2.05, 4.69) is 370 Å². The van der Waals surface area contributed by atoms with Crippen LogP contribution in [0.15, 0.2) is 368 Å². The maximum Gasteiger partial charge on any atom is 0.137 e. The lowest BCUT2D eigenvalue weighted by molar-refractivity contribution is 0.669. The molecule has 17 aromatic carbocycles. The molecule has 0 aliphatic carbocycles. The highest BCUT2D eigenvalue weighted by molar-refractivity contribution is 6.17. The summed E-state index contributed by atoms with van der Waals surface area (Å²) >= 11 is 0. The number of benzene rings is 17. The van der Waals surface area contributed by atoms with Gasteiger partial charge in [0.15, 0.2) is 0 Å². The van der Waals surface area contributed by atoms with Crippen molar-refractivity contribution in [3.63, 3.8) is 0 Å². The van der Waals surface area contributed by atoms with Crippen LogP contribution in [0, 0.1) is 0 Å². The zero-order valence-corrected chi connectivity index (χ0v) is 54.8. The van der Waals surface area contributed by atoms with Gasteiger partial charge in [0.2, 0.25) is 0 Å². The molecule has 101 heavy (non-hydrogen) atoms. The Hall–Kier alpha value is -13.5. The molecule has 0 bridgehead atoms. The molecule has 0 atom stereocenters.